The summed E-state index contributed by atoms with van der Waals surface area (Å²) in [5.41, 5.74) is 0.918. The normalized spacial score (nSPS) is 17.7. The van der Waals surface area contributed by atoms with Gasteiger partial charge in [-0.2, -0.15) is 0 Å². The molecule has 2 heterocycles. The first-order chi connectivity index (χ1) is 9.22. The van der Waals surface area contributed by atoms with E-state index in [-0.39, 0.29) is 0 Å². The molecule has 0 aromatic heterocycles. The quantitative estimate of drug-likeness (QED) is 0.524. The highest BCUT2D eigenvalue weighted by Crippen LogP contribution is 2.25. The van der Waals surface area contributed by atoms with Crippen LogP contribution < -0.4 is 0 Å². The van der Waals surface area contributed by atoms with Crippen molar-refractivity contribution >= 4 is 24.2 Å². The highest BCUT2D eigenvalue weighted by Gasteiger charge is 2.34. The topological polar surface area (TPSA) is 65.3 Å². The van der Waals surface area contributed by atoms with E-state index >= 15 is 0 Å². The standard InChI is InChI=1S/C13H18N4O2/c1-3-5-16-9-17(6-4-2)13-11(14-8-15-13)12(16)10(19)7-18/h7-8H,3-6,9H2,1-2H3. The molecule has 102 valence electrons. The maximum absolute atomic E-state index is 11.8. The summed E-state index contributed by atoms with van der Waals surface area (Å²) >= 11 is 0. The zero-order valence-electron chi connectivity index (χ0n) is 11.3. The Bertz CT molecular complexity index is 479. The van der Waals surface area contributed by atoms with Crippen LogP contribution in [0.1, 0.15) is 26.7 Å². The van der Waals surface area contributed by atoms with Crippen LogP contribution in [0.3, 0.4) is 0 Å². The lowest BCUT2D eigenvalue weighted by Crippen LogP contribution is -2.48. The minimum Gasteiger partial charge on any atom is -0.349 e. The Morgan fingerprint density at radius 1 is 1.32 bits per heavy atom. The Balaban J connectivity index is 2.42. The average molecular weight is 262 g/mol. The van der Waals surface area contributed by atoms with Gasteiger partial charge in [0.15, 0.2) is 12.1 Å². The van der Waals surface area contributed by atoms with E-state index in [0.29, 0.717) is 30.2 Å². The van der Waals surface area contributed by atoms with Gasteiger partial charge >= 0.3 is 0 Å². The number of aliphatic imine (C=N–C) groups is 2. The zero-order chi connectivity index (χ0) is 13.8. The summed E-state index contributed by atoms with van der Waals surface area (Å²) in [6.45, 7) is 6.30. The van der Waals surface area contributed by atoms with Crippen molar-refractivity contribution in [1.29, 1.82) is 0 Å². The molecule has 2 rings (SSSR count). The maximum atomic E-state index is 11.8. The Morgan fingerprint density at radius 2 is 2.00 bits per heavy atom. The first kappa shape index (κ1) is 13.5. The molecule has 0 N–H and O–H groups in total. The van der Waals surface area contributed by atoms with Gasteiger partial charge in [0, 0.05) is 13.1 Å². The van der Waals surface area contributed by atoms with Gasteiger partial charge in [-0.25, -0.2) is 9.98 Å². The second-order valence-electron chi connectivity index (χ2n) is 4.54. The van der Waals surface area contributed by atoms with E-state index in [1.165, 1.54) is 6.34 Å². The number of carbonyl (C=O) groups excluding carboxylic acids is 2. The molecule has 2 aliphatic heterocycles. The molecule has 0 radical (unpaired) electrons. The van der Waals surface area contributed by atoms with Gasteiger partial charge in [0.25, 0.3) is 0 Å². The number of ketones is 1. The number of amidine groups is 1. The number of allylic oxidation sites excluding steroid dienone is 1. The Hall–Kier alpha value is -1.98. The highest BCUT2D eigenvalue weighted by atomic mass is 16.2. The molecule has 6 nitrogen and oxygen atoms in total. The van der Waals surface area contributed by atoms with Crippen LogP contribution in [0.2, 0.25) is 0 Å². The van der Waals surface area contributed by atoms with Crippen LogP contribution >= 0.6 is 0 Å². The van der Waals surface area contributed by atoms with Crippen molar-refractivity contribution in [3.8, 4) is 0 Å². The van der Waals surface area contributed by atoms with E-state index < -0.39 is 5.78 Å². The Morgan fingerprint density at radius 3 is 2.63 bits per heavy atom. The second kappa shape index (κ2) is 5.77. The van der Waals surface area contributed by atoms with E-state index in [9.17, 15) is 9.59 Å². The lowest BCUT2D eigenvalue weighted by molar-refractivity contribution is -0.128. The minimum atomic E-state index is -0.522. The molecule has 0 saturated heterocycles. The van der Waals surface area contributed by atoms with E-state index in [0.717, 1.165) is 25.9 Å². The van der Waals surface area contributed by atoms with Crippen molar-refractivity contribution in [2.75, 3.05) is 19.8 Å². The van der Waals surface area contributed by atoms with E-state index in [2.05, 4.69) is 21.8 Å². The van der Waals surface area contributed by atoms with Gasteiger partial charge in [-0.1, -0.05) is 13.8 Å². The number of carbonyl (C=O) groups is 2. The summed E-state index contributed by atoms with van der Waals surface area (Å²) < 4.78 is 0. The fourth-order valence-electron chi connectivity index (χ4n) is 2.38. The smallest absolute Gasteiger partial charge is 0.243 e. The van der Waals surface area contributed by atoms with Crippen molar-refractivity contribution in [3.05, 3.63) is 11.4 Å². The van der Waals surface area contributed by atoms with Crippen LogP contribution in [-0.4, -0.2) is 53.8 Å². The minimum absolute atomic E-state index is 0.353. The molecule has 6 heteroatoms. The molecule has 0 unspecified atom stereocenters. The third-order valence-corrected chi connectivity index (χ3v) is 3.09. The van der Waals surface area contributed by atoms with Crippen LogP contribution in [0.4, 0.5) is 0 Å². The van der Waals surface area contributed by atoms with Crippen molar-refractivity contribution in [3.63, 3.8) is 0 Å². The fraction of sp³-hybridized carbons (Fsp3) is 0.538. The van der Waals surface area contributed by atoms with Crippen molar-refractivity contribution < 1.29 is 9.59 Å². The number of fused-ring (bicyclic) bond motifs is 1. The van der Waals surface area contributed by atoms with Crippen LogP contribution in [0.25, 0.3) is 0 Å². The van der Waals surface area contributed by atoms with Crippen molar-refractivity contribution in [2.24, 2.45) is 9.98 Å². The predicted octanol–water partition coefficient (Wildman–Crippen LogP) is 0.801. The lowest BCUT2D eigenvalue weighted by Gasteiger charge is -2.38. The van der Waals surface area contributed by atoms with Crippen molar-refractivity contribution in [1.82, 2.24) is 9.80 Å². The third kappa shape index (κ3) is 2.43. The van der Waals surface area contributed by atoms with E-state index in [1.807, 2.05) is 11.8 Å². The molecule has 0 fully saturated rings. The number of rotatable bonds is 6. The molecule has 0 amide bonds. The number of aldehydes is 1. The van der Waals surface area contributed by atoms with Gasteiger partial charge in [0.1, 0.15) is 17.7 Å². The molecule has 2 aliphatic rings. The zero-order valence-corrected chi connectivity index (χ0v) is 11.3. The molecule has 0 aromatic carbocycles. The van der Waals surface area contributed by atoms with Crippen LogP contribution in [0.15, 0.2) is 21.4 Å². The molecule has 0 bridgehead atoms. The molecule has 0 saturated carbocycles. The largest absolute Gasteiger partial charge is 0.349 e. The fourth-order valence-corrected chi connectivity index (χ4v) is 2.38. The first-order valence-corrected chi connectivity index (χ1v) is 6.57. The van der Waals surface area contributed by atoms with Crippen LogP contribution in [0.5, 0.6) is 0 Å². The maximum Gasteiger partial charge on any atom is 0.243 e. The number of nitrogens with zero attached hydrogens (tertiary/aromatic N) is 4. The number of hydrogen-bond donors (Lipinski definition) is 0. The Labute approximate surface area is 112 Å². The molecular formula is C13H18N4O2. The van der Waals surface area contributed by atoms with Gasteiger partial charge in [-0.05, 0) is 12.8 Å². The number of hydrogen-bond acceptors (Lipinski definition) is 6. The molecular weight excluding hydrogens is 244 g/mol. The second-order valence-corrected chi connectivity index (χ2v) is 4.54. The predicted molar refractivity (Wildman–Crippen MR) is 72.9 cm³/mol. The summed E-state index contributed by atoms with van der Waals surface area (Å²) in [5.74, 6) is 0.186. The molecule has 0 aliphatic carbocycles. The van der Waals surface area contributed by atoms with E-state index in [1.54, 1.807) is 0 Å². The summed E-state index contributed by atoms with van der Waals surface area (Å²) in [7, 11) is 0. The molecule has 0 atom stereocenters. The van der Waals surface area contributed by atoms with Gasteiger partial charge in [-0.15, -0.1) is 0 Å². The summed E-state index contributed by atoms with van der Waals surface area (Å²) in [6.07, 6.45) is 3.69. The summed E-state index contributed by atoms with van der Waals surface area (Å²) in [6, 6.07) is 0. The van der Waals surface area contributed by atoms with Crippen molar-refractivity contribution in [2.45, 2.75) is 26.7 Å². The monoisotopic (exact) mass is 262 g/mol. The van der Waals surface area contributed by atoms with Crippen LogP contribution in [0, 0.1) is 0 Å². The summed E-state index contributed by atoms with van der Waals surface area (Å²) in [5, 5.41) is 0. The van der Waals surface area contributed by atoms with Crippen LogP contribution in [-0.2, 0) is 9.59 Å². The highest BCUT2D eigenvalue weighted by molar-refractivity contribution is 6.34. The van der Waals surface area contributed by atoms with Gasteiger partial charge in [0.05, 0.1) is 6.67 Å². The number of Topliss-reactive ketones (excluding diaryl/α,β-unsaturated/α-hetero) is 1. The molecule has 19 heavy (non-hydrogen) atoms. The molecule has 0 spiro atoms. The first-order valence-electron chi connectivity index (χ1n) is 6.57. The van der Waals surface area contributed by atoms with Gasteiger partial charge < -0.3 is 9.80 Å². The average Bonchev–Trinajstić information content (AvgIpc) is 2.88. The van der Waals surface area contributed by atoms with Gasteiger partial charge in [-0.3, -0.25) is 9.59 Å². The SMILES string of the molecule is CCCN1CN(CCC)C(C(=O)C=O)=C2N=CN=C21. The lowest BCUT2D eigenvalue weighted by atomic mass is 10.1. The third-order valence-electron chi connectivity index (χ3n) is 3.09. The Kier molecular flexibility index (Phi) is 4.09. The molecule has 0 aromatic rings. The van der Waals surface area contributed by atoms with Gasteiger partial charge in [0.2, 0.25) is 5.78 Å². The van der Waals surface area contributed by atoms with E-state index in [4.69, 9.17) is 0 Å². The summed E-state index contributed by atoms with van der Waals surface area (Å²) in [4.78, 5) is 35.1.